The lowest BCUT2D eigenvalue weighted by molar-refractivity contribution is -0.446. The zero-order chi connectivity index (χ0) is 79.3. The van der Waals surface area contributed by atoms with E-state index in [9.17, 15) is 52.7 Å². The fourth-order valence-electron chi connectivity index (χ4n) is 12.9. The van der Waals surface area contributed by atoms with Crippen LogP contribution in [0.2, 0.25) is 0 Å². The van der Waals surface area contributed by atoms with Crippen molar-refractivity contribution < 1.29 is 110 Å². The van der Waals surface area contributed by atoms with Crippen LogP contribution in [0.5, 0.6) is 0 Å². The first-order chi connectivity index (χ1) is 55.1. The Kier molecular flexibility index (Phi) is 29.7. The third kappa shape index (κ3) is 22.3. The molecule has 12 atom stereocenters. The number of unbranched alkanes of at least 4 members (excludes halogenated alkanes) is 4. The summed E-state index contributed by atoms with van der Waals surface area (Å²) in [7, 11) is 1.55. The smallest absolute Gasteiger partial charge is 0.340 e. The molecule has 8 aromatic rings. The minimum atomic E-state index is -2.42. The summed E-state index contributed by atoms with van der Waals surface area (Å²) < 4.78 is 68.7. The highest BCUT2D eigenvalue weighted by Crippen LogP contribution is 2.56. The maximum atomic E-state index is 14.4. The minimum Gasteiger partial charge on any atom is -0.459 e. The van der Waals surface area contributed by atoms with Gasteiger partial charge < -0.3 is 68.1 Å². The summed E-state index contributed by atoms with van der Waals surface area (Å²) in [6.45, 7) is -0.350. The third-order valence-electron chi connectivity index (χ3n) is 18.8. The van der Waals surface area contributed by atoms with Gasteiger partial charge in [-0.1, -0.05) is 152 Å². The molecule has 2 heterocycles. The van der Waals surface area contributed by atoms with Gasteiger partial charge in [-0.3, -0.25) is 19.2 Å². The lowest BCUT2D eigenvalue weighted by atomic mass is 9.92. The summed E-state index contributed by atoms with van der Waals surface area (Å²) >= 11 is 0. The van der Waals surface area contributed by atoms with Crippen molar-refractivity contribution in [1.82, 2.24) is 21.4 Å². The molecule has 27 nitrogen and oxygen atoms in total. The number of benzene rings is 8. The van der Waals surface area contributed by atoms with Crippen molar-refractivity contribution in [3.63, 3.8) is 0 Å². The molecule has 3 aliphatic rings. The summed E-state index contributed by atoms with van der Waals surface area (Å²) in [5.41, 5.74) is 3.59. The van der Waals surface area contributed by atoms with E-state index in [0.29, 0.717) is 38.5 Å². The SMILES string of the molecule is CNC(=O)CCCCCNC(=O)[C@H](CCCCNC(=O)CCCCOC1OC(COC(=O)c2ccccc2)C(OC(=O)c2ccccc2)C(OC(=O)c2ccccc2)C1OC(=O)c1ccccc1)NOC1OC2(OC(=O)c3ccccc3)C(OC(=O)c3ccccc3)C(OC(=O)c3ccccc3)C(OC(=O)c3ccccc3)C12. The Bertz CT molecular complexity index is 4480. The van der Waals surface area contributed by atoms with Gasteiger partial charge >= 0.3 is 47.8 Å². The van der Waals surface area contributed by atoms with Crippen molar-refractivity contribution in [2.45, 2.75) is 131 Å². The van der Waals surface area contributed by atoms with Crippen LogP contribution in [-0.4, -0.2) is 166 Å². The van der Waals surface area contributed by atoms with Gasteiger partial charge in [0.25, 0.3) is 5.79 Å². The van der Waals surface area contributed by atoms with Gasteiger partial charge in [0.05, 0.1) is 44.5 Å². The van der Waals surface area contributed by atoms with E-state index in [-0.39, 0.29) is 102 Å². The third-order valence-corrected chi connectivity index (χ3v) is 18.8. The van der Waals surface area contributed by atoms with Gasteiger partial charge in [0.1, 0.15) is 24.7 Å². The number of carbonyl (C=O) groups is 11. The zero-order valence-corrected chi connectivity index (χ0v) is 61.7. The number of hydrogen-bond donors (Lipinski definition) is 4. The van der Waals surface area contributed by atoms with Crippen LogP contribution in [0.15, 0.2) is 243 Å². The van der Waals surface area contributed by atoms with E-state index in [0.717, 1.165) is 0 Å². The second-order valence-corrected chi connectivity index (χ2v) is 26.6. The van der Waals surface area contributed by atoms with Crippen molar-refractivity contribution in [1.29, 1.82) is 0 Å². The number of amides is 3. The molecule has 4 N–H and O–H groups in total. The molecule has 3 fully saturated rings. The Morgan fingerprint density at radius 2 is 0.770 bits per heavy atom. The highest BCUT2D eigenvalue weighted by Gasteiger charge is 2.79. The Morgan fingerprint density at radius 1 is 0.381 bits per heavy atom. The maximum absolute atomic E-state index is 14.4. The monoisotopic (exact) mass is 1540 g/mol. The quantitative estimate of drug-likeness (QED) is 0.0121. The predicted octanol–water partition coefficient (Wildman–Crippen LogP) is 10.2. The van der Waals surface area contributed by atoms with Crippen molar-refractivity contribution in [2.24, 2.45) is 5.92 Å². The molecular weight excluding hydrogens is 1460 g/mol. The summed E-state index contributed by atoms with van der Waals surface area (Å²) in [5.74, 6) is -12.0. The van der Waals surface area contributed by atoms with E-state index in [2.05, 4.69) is 21.4 Å². The largest absolute Gasteiger partial charge is 0.459 e. The molecule has 0 radical (unpaired) electrons. The van der Waals surface area contributed by atoms with Crippen LogP contribution < -0.4 is 21.4 Å². The first kappa shape index (κ1) is 81.7. The van der Waals surface area contributed by atoms with Crippen LogP contribution in [-0.2, 0) is 71.3 Å². The molecule has 2 aliphatic heterocycles. The van der Waals surface area contributed by atoms with E-state index in [1.165, 1.54) is 84.9 Å². The molecule has 27 heteroatoms. The van der Waals surface area contributed by atoms with Gasteiger partial charge in [-0.05, 0) is 142 Å². The van der Waals surface area contributed by atoms with Crippen molar-refractivity contribution in [2.75, 3.05) is 33.4 Å². The summed E-state index contributed by atoms with van der Waals surface area (Å²) in [5, 5.41) is 8.43. The van der Waals surface area contributed by atoms with Crippen LogP contribution >= 0.6 is 0 Å². The van der Waals surface area contributed by atoms with Gasteiger partial charge in [-0.15, -0.1) is 0 Å². The first-order valence-electron chi connectivity index (χ1n) is 37.2. The standard InChI is InChI=1S/C86H86N4O23/c1-87-66(91)50-27-10-30-53-89-75(93)64(90-113-84-68-70(106-78(96)58-37-15-4-16-38-58)72(108-80(98)60-41-19-6-20-42-60)74(110-82(100)62-45-23-8-24-46-62)86(68,112-84)111-83(101)63-47-25-9-26-48-63)49-28-31-52-88-67(92)51-29-32-54-102-85-73(109-81(99)61-43-21-7-22-44-61)71(107-79(97)59-39-17-5-18-40-59)69(105-77(95)57-35-13-3-14-36-57)65(104-85)55-103-76(94)56-33-11-2-12-34-56/h2-9,11-26,33-48,64-65,68-74,84-85,90H,10,27-32,49-55H2,1H3,(H,87,91)(H,88,92)(H,89,93)/t64-,65?,68?,69?,70?,71?,72?,73?,74?,84?,85?,86?/m0/s1. The van der Waals surface area contributed by atoms with Crippen LogP contribution in [0.3, 0.4) is 0 Å². The number of fused-ring (bicyclic) bond motifs is 1. The zero-order valence-electron chi connectivity index (χ0n) is 61.7. The van der Waals surface area contributed by atoms with E-state index in [4.69, 9.17) is 56.9 Å². The fraction of sp³-hybridized carbons (Fsp3) is 0.314. The first-order valence-corrected chi connectivity index (χ1v) is 37.2. The number of rotatable bonds is 38. The number of hydrogen-bond acceptors (Lipinski definition) is 24. The molecule has 11 rings (SSSR count). The molecule has 11 unspecified atom stereocenters. The molecule has 588 valence electrons. The van der Waals surface area contributed by atoms with Gasteiger partial charge in [0.15, 0.2) is 43.1 Å². The predicted molar refractivity (Wildman–Crippen MR) is 402 cm³/mol. The molecular formula is C86H86N4O23. The summed E-state index contributed by atoms with van der Waals surface area (Å²) in [6.07, 6.45) is -11.6. The van der Waals surface area contributed by atoms with Crippen LogP contribution in [0.25, 0.3) is 0 Å². The Morgan fingerprint density at radius 3 is 1.25 bits per heavy atom. The normalized spacial score (nSPS) is 20.8. The lowest BCUT2D eigenvalue weighted by Crippen LogP contribution is -2.68. The van der Waals surface area contributed by atoms with Crippen molar-refractivity contribution in [3.8, 4) is 0 Å². The molecule has 0 spiro atoms. The highest BCUT2D eigenvalue weighted by atomic mass is 16.9. The maximum Gasteiger partial charge on any atom is 0.340 e. The van der Waals surface area contributed by atoms with E-state index < -0.39 is 133 Å². The summed E-state index contributed by atoms with van der Waals surface area (Å²) in [6, 6.07) is 62.1. The van der Waals surface area contributed by atoms with Gasteiger partial charge in [0.2, 0.25) is 23.8 Å². The van der Waals surface area contributed by atoms with Gasteiger partial charge in [-0.25, -0.2) is 38.4 Å². The number of carbonyl (C=O) groups excluding carboxylic acids is 11. The number of esters is 8. The van der Waals surface area contributed by atoms with Crippen molar-refractivity contribution in [3.05, 3.63) is 287 Å². The second kappa shape index (κ2) is 41.1. The van der Waals surface area contributed by atoms with Crippen molar-refractivity contribution >= 4 is 65.5 Å². The van der Waals surface area contributed by atoms with E-state index in [1.807, 2.05) is 0 Å². The molecule has 2 saturated heterocycles. The minimum absolute atomic E-state index is 0.00270. The second-order valence-electron chi connectivity index (χ2n) is 26.6. The van der Waals surface area contributed by atoms with E-state index in [1.54, 1.807) is 165 Å². The van der Waals surface area contributed by atoms with Crippen LogP contribution in [0, 0.1) is 5.92 Å². The Labute approximate surface area is 651 Å². The number of ether oxygens (including phenoxy) is 11. The van der Waals surface area contributed by atoms with E-state index >= 15 is 0 Å². The summed E-state index contributed by atoms with van der Waals surface area (Å²) in [4.78, 5) is 159. The number of nitrogens with one attached hydrogen (secondary N) is 4. The molecule has 0 bridgehead atoms. The average Bonchev–Trinajstić information content (AvgIpc) is 1.53. The molecule has 3 amide bonds. The number of hydroxylamine groups is 1. The molecule has 0 aromatic heterocycles. The lowest BCUT2D eigenvalue weighted by Gasteiger charge is -2.50. The average molecular weight is 1540 g/mol. The fourth-order valence-corrected chi connectivity index (χ4v) is 12.9. The van der Waals surface area contributed by atoms with Crippen LogP contribution in [0.4, 0.5) is 0 Å². The van der Waals surface area contributed by atoms with Crippen LogP contribution in [0.1, 0.15) is 147 Å². The molecule has 1 aliphatic carbocycles. The molecule has 8 aromatic carbocycles. The Balaban J connectivity index is 0.776. The topological polar surface area (TPSA) is 347 Å². The molecule has 1 saturated carbocycles. The van der Waals surface area contributed by atoms with Gasteiger partial charge in [0, 0.05) is 39.6 Å². The Hall–Kier alpha value is -12.3. The highest BCUT2D eigenvalue weighted by molar-refractivity contribution is 5.94. The van der Waals surface area contributed by atoms with Gasteiger partial charge in [-0.2, -0.15) is 5.48 Å². The molecule has 113 heavy (non-hydrogen) atoms.